The lowest BCUT2D eigenvalue weighted by atomic mass is 9.93. The predicted octanol–water partition coefficient (Wildman–Crippen LogP) is 0.791. The molecule has 13 heteroatoms. The predicted molar refractivity (Wildman–Crippen MR) is 160 cm³/mol. The maximum atomic E-state index is 13.7. The fourth-order valence-corrected chi connectivity index (χ4v) is 5.42. The fraction of sp³-hybridized carbons (Fsp3) is 0.516. The Balaban J connectivity index is 1.62. The summed E-state index contributed by atoms with van der Waals surface area (Å²) in [5, 5.41) is 14.1. The van der Waals surface area contributed by atoms with Crippen LogP contribution in [0.5, 0.6) is 5.75 Å². The third kappa shape index (κ3) is 8.29. The van der Waals surface area contributed by atoms with Gasteiger partial charge in [0.05, 0.1) is 23.7 Å². The summed E-state index contributed by atoms with van der Waals surface area (Å²) in [4.78, 5) is 75.4. The van der Waals surface area contributed by atoms with Gasteiger partial charge in [0, 0.05) is 31.6 Å². The lowest BCUT2D eigenvalue weighted by Gasteiger charge is -2.33. The first kappa shape index (κ1) is 32.4. The molecule has 0 saturated heterocycles. The van der Waals surface area contributed by atoms with Crippen LogP contribution in [0.3, 0.4) is 0 Å². The van der Waals surface area contributed by atoms with Gasteiger partial charge in [-0.3, -0.25) is 33.9 Å². The van der Waals surface area contributed by atoms with Gasteiger partial charge in [0.15, 0.2) is 0 Å². The van der Waals surface area contributed by atoms with Gasteiger partial charge in [-0.25, -0.2) is 0 Å². The summed E-state index contributed by atoms with van der Waals surface area (Å²) in [5.41, 5.74) is -0.403. The molecule has 3 atom stereocenters. The van der Waals surface area contributed by atoms with Gasteiger partial charge in [-0.1, -0.05) is 38.8 Å². The zero-order valence-corrected chi connectivity index (χ0v) is 25.4. The van der Waals surface area contributed by atoms with Gasteiger partial charge >= 0.3 is 0 Å². The number of aromatic nitrogens is 2. The van der Waals surface area contributed by atoms with E-state index in [1.165, 1.54) is 0 Å². The average Bonchev–Trinajstić information content (AvgIpc) is 3.47. The minimum atomic E-state index is -1.25. The van der Waals surface area contributed by atoms with E-state index in [-0.39, 0.29) is 36.3 Å². The third-order valence-electron chi connectivity index (χ3n) is 7.82. The lowest BCUT2D eigenvalue weighted by molar-refractivity contribution is -0.137. The van der Waals surface area contributed by atoms with E-state index in [9.17, 15) is 24.0 Å². The molecule has 0 radical (unpaired) electrons. The second-order valence-electron chi connectivity index (χ2n) is 11.7. The summed E-state index contributed by atoms with van der Waals surface area (Å²) in [5.74, 6) is -2.58. The Morgan fingerprint density at radius 2 is 1.82 bits per heavy atom. The highest BCUT2D eigenvalue weighted by atomic mass is 16.5. The number of rotatable bonds is 5. The Morgan fingerprint density at radius 3 is 2.52 bits per heavy atom. The summed E-state index contributed by atoms with van der Waals surface area (Å²) in [7, 11) is 0. The fourth-order valence-electron chi connectivity index (χ4n) is 5.42. The number of benzene rings is 1. The van der Waals surface area contributed by atoms with Gasteiger partial charge in [0.2, 0.25) is 23.6 Å². The van der Waals surface area contributed by atoms with Crippen LogP contribution in [0.1, 0.15) is 68.9 Å². The number of nitrogens with one attached hydrogen (secondary N) is 5. The SMILES string of the molecule is CC(C)[C@H]1NC(=O)C2(CCCC2)NC(=O)C[C@@H](C(=O)NCCc2cnccn2)NC(=O)c2ccccc2OC[C@H](C)NC1=O. The smallest absolute Gasteiger partial charge is 0.255 e. The topological polar surface area (TPSA) is 181 Å². The van der Waals surface area contributed by atoms with Gasteiger partial charge in [-0.15, -0.1) is 0 Å². The van der Waals surface area contributed by atoms with Crippen molar-refractivity contribution in [1.82, 2.24) is 36.6 Å². The molecule has 2 aromatic rings. The maximum Gasteiger partial charge on any atom is 0.255 e. The standard InChI is InChI=1S/C31H41N7O6/c1-19(2)26-29(42)35-20(3)18-44-24-9-5-4-8-22(24)27(40)36-23(28(41)34-13-10-21-17-32-14-15-33-21)16-25(39)38-31(30(43)37-26)11-6-7-12-31/h4-5,8-9,14-15,17,19-20,23,26H,6-7,10-13,16,18H2,1-3H3,(H,34,41)(H,35,42)(H,36,40)(H,37,43)(H,38,39)/t20-,23-,26+/m0/s1. The molecular weight excluding hydrogens is 566 g/mol. The first-order chi connectivity index (χ1) is 21.1. The molecule has 1 aromatic carbocycles. The number of ether oxygens (including phenoxy) is 1. The zero-order valence-electron chi connectivity index (χ0n) is 25.4. The number of hydrogen-bond acceptors (Lipinski definition) is 8. The van der Waals surface area contributed by atoms with Crippen molar-refractivity contribution in [2.45, 2.75) is 83.0 Å². The second kappa shape index (κ2) is 14.8. The minimum absolute atomic E-state index is 0.0467. The largest absolute Gasteiger partial charge is 0.491 e. The van der Waals surface area contributed by atoms with Gasteiger partial charge in [0.1, 0.15) is 30.0 Å². The summed E-state index contributed by atoms with van der Waals surface area (Å²) in [6.07, 6.45) is 6.86. The Labute approximate surface area is 256 Å². The number of para-hydroxylation sites is 1. The monoisotopic (exact) mass is 607 g/mol. The normalized spacial score (nSPS) is 23.0. The molecular formula is C31H41N7O6. The van der Waals surface area contributed by atoms with E-state index in [0.717, 1.165) is 0 Å². The van der Waals surface area contributed by atoms with E-state index in [1.807, 2.05) is 13.8 Å². The van der Waals surface area contributed by atoms with Crippen molar-refractivity contribution >= 4 is 29.5 Å². The molecule has 1 spiro atoms. The number of carbonyl (C=O) groups excluding carboxylic acids is 5. The van der Waals surface area contributed by atoms with Crippen molar-refractivity contribution in [2.24, 2.45) is 5.92 Å². The molecule has 4 rings (SSSR count). The summed E-state index contributed by atoms with van der Waals surface area (Å²) < 4.78 is 5.91. The summed E-state index contributed by atoms with van der Waals surface area (Å²) >= 11 is 0. The van der Waals surface area contributed by atoms with Crippen LogP contribution < -0.4 is 31.3 Å². The molecule has 1 aliphatic heterocycles. The van der Waals surface area contributed by atoms with Gasteiger partial charge in [0.25, 0.3) is 5.91 Å². The van der Waals surface area contributed by atoms with E-state index in [1.54, 1.807) is 49.8 Å². The van der Waals surface area contributed by atoms with Gasteiger partial charge in [-0.2, -0.15) is 0 Å². The molecule has 2 heterocycles. The van der Waals surface area contributed by atoms with Crippen molar-refractivity contribution in [2.75, 3.05) is 13.2 Å². The number of carbonyl (C=O) groups is 5. The highest BCUT2D eigenvalue weighted by molar-refractivity contribution is 6.01. The third-order valence-corrected chi connectivity index (χ3v) is 7.82. The van der Waals surface area contributed by atoms with Crippen LogP contribution in [0, 0.1) is 5.92 Å². The highest BCUT2D eigenvalue weighted by Crippen LogP contribution is 2.30. The molecule has 44 heavy (non-hydrogen) atoms. The quantitative estimate of drug-likeness (QED) is 0.331. The van der Waals surface area contributed by atoms with Gasteiger partial charge < -0.3 is 31.3 Å². The van der Waals surface area contributed by atoms with Crippen molar-refractivity contribution < 1.29 is 28.7 Å². The van der Waals surface area contributed by atoms with E-state index in [4.69, 9.17) is 4.74 Å². The first-order valence-corrected chi connectivity index (χ1v) is 15.1. The second-order valence-corrected chi connectivity index (χ2v) is 11.7. The lowest BCUT2D eigenvalue weighted by Crippen LogP contribution is -2.62. The number of hydrogen-bond donors (Lipinski definition) is 5. The summed E-state index contributed by atoms with van der Waals surface area (Å²) in [6, 6.07) is 3.97. The molecule has 1 saturated carbocycles. The molecule has 0 bridgehead atoms. The van der Waals surface area contributed by atoms with E-state index in [2.05, 4.69) is 36.6 Å². The molecule has 2 aliphatic rings. The number of fused-ring (bicyclic) bond motifs is 1. The Hall–Kier alpha value is -4.55. The van der Waals surface area contributed by atoms with Crippen molar-refractivity contribution in [3.63, 3.8) is 0 Å². The van der Waals surface area contributed by atoms with Crippen LogP contribution in [0.2, 0.25) is 0 Å². The van der Waals surface area contributed by atoms with Crippen LogP contribution in [0.25, 0.3) is 0 Å². The molecule has 1 aromatic heterocycles. The summed E-state index contributed by atoms with van der Waals surface area (Å²) in [6.45, 7) is 5.66. The van der Waals surface area contributed by atoms with Crippen molar-refractivity contribution in [1.29, 1.82) is 0 Å². The van der Waals surface area contributed by atoms with Crippen LogP contribution in [0.15, 0.2) is 42.9 Å². The molecule has 5 amide bonds. The van der Waals surface area contributed by atoms with Crippen LogP contribution in [-0.4, -0.2) is 76.3 Å². The molecule has 5 N–H and O–H groups in total. The van der Waals surface area contributed by atoms with E-state index in [0.29, 0.717) is 37.8 Å². The number of amides is 5. The molecule has 1 fully saturated rings. The molecule has 1 aliphatic carbocycles. The maximum absolute atomic E-state index is 13.7. The Kier molecular flexibility index (Phi) is 10.9. The first-order valence-electron chi connectivity index (χ1n) is 15.1. The minimum Gasteiger partial charge on any atom is -0.491 e. The molecule has 13 nitrogen and oxygen atoms in total. The van der Waals surface area contributed by atoms with Crippen molar-refractivity contribution in [3.05, 3.63) is 54.1 Å². The van der Waals surface area contributed by atoms with E-state index >= 15 is 0 Å². The van der Waals surface area contributed by atoms with Gasteiger partial charge in [-0.05, 0) is 37.8 Å². The van der Waals surface area contributed by atoms with Crippen LogP contribution in [-0.2, 0) is 25.6 Å². The highest BCUT2D eigenvalue weighted by Gasteiger charge is 2.44. The van der Waals surface area contributed by atoms with E-state index < -0.39 is 53.7 Å². The van der Waals surface area contributed by atoms with Crippen LogP contribution >= 0.6 is 0 Å². The Bertz CT molecular complexity index is 1350. The zero-order chi connectivity index (χ0) is 31.7. The number of nitrogens with zero attached hydrogens (tertiary/aromatic N) is 2. The molecule has 236 valence electrons. The average molecular weight is 608 g/mol. The van der Waals surface area contributed by atoms with Crippen molar-refractivity contribution in [3.8, 4) is 5.75 Å². The Morgan fingerprint density at radius 1 is 1.07 bits per heavy atom. The molecule has 0 unspecified atom stereocenters. The van der Waals surface area contributed by atoms with Crippen LogP contribution in [0.4, 0.5) is 0 Å².